The summed E-state index contributed by atoms with van der Waals surface area (Å²) in [6.07, 6.45) is -0.377. The minimum Gasteiger partial charge on any atom is -0.369 e. The summed E-state index contributed by atoms with van der Waals surface area (Å²) in [5.74, 6) is -0.0576. The summed E-state index contributed by atoms with van der Waals surface area (Å²) in [6.45, 7) is 6.18. The molecule has 0 bridgehead atoms. The number of amides is 1. The van der Waals surface area contributed by atoms with Crippen LogP contribution in [0.15, 0.2) is 17.5 Å². The Morgan fingerprint density at radius 2 is 2.33 bits per heavy atom. The SMILES string of the molecule is CCO[C@H](C)C(=O)N[C@@H](C)c1cccs1. The van der Waals surface area contributed by atoms with Gasteiger partial charge in [-0.2, -0.15) is 0 Å². The molecule has 0 aliphatic heterocycles. The van der Waals surface area contributed by atoms with Crippen LogP contribution in [0.4, 0.5) is 0 Å². The predicted octanol–water partition coefficient (Wildman–Crippen LogP) is 2.35. The average Bonchev–Trinajstić information content (AvgIpc) is 2.70. The van der Waals surface area contributed by atoms with Gasteiger partial charge in [0.25, 0.3) is 0 Å². The summed E-state index contributed by atoms with van der Waals surface area (Å²) in [4.78, 5) is 12.8. The molecule has 15 heavy (non-hydrogen) atoms. The molecule has 1 N–H and O–H groups in total. The van der Waals surface area contributed by atoms with Gasteiger partial charge in [-0.3, -0.25) is 4.79 Å². The fourth-order valence-corrected chi connectivity index (χ4v) is 2.00. The predicted molar refractivity (Wildman–Crippen MR) is 62.0 cm³/mol. The van der Waals surface area contributed by atoms with E-state index in [9.17, 15) is 4.79 Å². The lowest BCUT2D eigenvalue weighted by Crippen LogP contribution is -2.35. The number of carbonyl (C=O) groups is 1. The summed E-state index contributed by atoms with van der Waals surface area (Å²) >= 11 is 1.64. The Morgan fingerprint density at radius 1 is 1.60 bits per heavy atom. The zero-order valence-corrected chi connectivity index (χ0v) is 10.1. The molecule has 0 aromatic carbocycles. The Balaban J connectivity index is 2.44. The molecular formula is C11H17NO2S. The molecule has 0 fully saturated rings. The van der Waals surface area contributed by atoms with Gasteiger partial charge in [-0.05, 0) is 32.2 Å². The molecule has 0 unspecified atom stereocenters. The Morgan fingerprint density at radius 3 is 2.87 bits per heavy atom. The second-order valence-electron chi connectivity index (χ2n) is 3.34. The Labute approximate surface area is 94.5 Å². The molecule has 84 valence electrons. The first-order valence-corrected chi connectivity index (χ1v) is 5.98. The van der Waals surface area contributed by atoms with E-state index in [0.29, 0.717) is 6.61 Å². The van der Waals surface area contributed by atoms with Crippen LogP contribution in [-0.2, 0) is 9.53 Å². The number of carbonyl (C=O) groups excluding carboxylic acids is 1. The van der Waals surface area contributed by atoms with Gasteiger partial charge >= 0.3 is 0 Å². The van der Waals surface area contributed by atoms with Crippen molar-refractivity contribution in [3.8, 4) is 0 Å². The fraction of sp³-hybridized carbons (Fsp3) is 0.545. The number of hydrogen-bond donors (Lipinski definition) is 1. The fourth-order valence-electron chi connectivity index (χ4n) is 1.27. The average molecular weight is 227 g/mol. The van der Waals surface area contributed by atoms with E-state index in [2.05, 4.69) is 5.32 Å². The van der Waals surface area contributed by atoms with E-state index in [1.165, 1.54) is 0 Å². The minimum absolute atomic E-state index is 0.0559. The molecule has 1 rings (SSSR count). The molecular weight excluding hydrogens is 210 g/mol. The van der Waals surface area contributed by atoms with Crippen molar-refractivity contribution in [3.05, 3.63) is 22.4 Å². The molecule has 0 aliphatic rings. The van der Waals surface area contributed by atoms with E-state index in [0.717, 1.165) is 4.88 Å². The van der Waals surface area contributed by atoms with Gasteiger partial charge in [-0.15, -0.1) is 11.3 Å². The zero-order valence-electron chi connectivity index (χ0n) is 9.32. The molecule has 4 heteroatoms. The summed E-state index contributed by atoms with van der Waals surface area (Å²) in [7, 11) is 0. The van der Waals surface area contributed by atoms with Crippen LogP contribution in [0.5, 0.6) is 0 Å². The molecule has 0 saturated heterocycles. The van der Waals surface area contributed by atoms with Gasteiger partial charge in [0.1, 0.15) is 6.10 Å². The van der Waals surface area contributed by atoms with Crippen LogP contribution in [0.2, 0.25) is 0 Å². The largest absolute Gasteiger partial charge is 0.369 e. The highest BCUT2D eigenvalue weighted by Gasteiger charge is 2.16. The van der Waals surface area contributed by atoms with Gasteiger partial charge in [0.2, 0.25) is 5.91 Å². The molecule has 2 atom stereocenters. The molecule has 0 aliphatic carbocycles. The van der Waals surface area contributed by atoms with Crippen molar-refractivity contribution in [2.75, 3.05) is 6.61 Å². The molecule has 0 radical (unpaired) electrons. The van der Waals surface area contributed by atoms with Gasteiger partial charge in [-0.25, -0.2) is 0 Å². The molecule has 0 saturated carbocycles. The van der Waals surface area contributed by atoms with Crippen molar-refractivity contribution < 1.29 is 9.53 Å². The van der Waals surface area contributed by atoms with E-state index in [1.807, 2.05) is 31.4 Å². The third-order valence-electron chi connectivity index (χ3n) is 2.11. The molecule has 1 aromatic rings. The van der Waals surface area contributed by atoms with Crippen LogP contribution >= 0.6 is 11.3 Å². The van der Waals surface area contributed by atoms with Crippen LogP contribution in [0.1, 0.15) is 31.7 Å². The number of thiophene rings is 1. The normalized spacial score (nSPS) is 14.6. The highest BCUT2D eigenvalue weighted by atomic mass is 32.1. The summed E-state index contributed by atoms with van der Waals surface area (Å²) in [6, 6.07) is 4.05. The van der Waals surface area contributed by atoms with Crippen LogP contribution < -0.4 is 5.32 Å². The van der Waals surface area contributed by atoms with Crippen molar-refractivity contribution in [1.82, 2.24) is 5.32 Å². The number of rotatable bonds is 5. The van der Waals surface area contributed by atoms with Crippen LogP contribution in [0, 0.1) is 0 Å². The van der Waals surface area contributed by atoms with Crippen LogP contribution in [0.3, 0.4) is 0 Å². The summed E-state index contributed by atoms with van der Waals surface area (Å²) < 4.78 is 5.21. The van der Waals surface area contributed by atoms with Crippen LogP contribution in [-0.4, -0.2) is 18.6 Å². The number of hydrogen-bond acceptors (Lipinski definition) is 3. The molecule has 3 nitrogen and oxygen atoms in total. The topological polar surface area (TPSA) is 38.3 Å². The van der Waals surface area contributed by atoms with Crippen molar-refractivity contribution in [2.45, 2.75) is 32.9 Å². The van der Waals surface area contributed by atoms with Crippen molar-refractivity contribution in [2.24, 2.45) is 0 Å². The Hall–Kier alpha value is -0.870. The summed E-state index contributed by atoms with van der Waals surface area (Å²) in [5, 5.41) is 4.92. The third kappa shape index (κ3) is 3.64. The zero-order chi connectivity index (χ0) is 11.3. The van der Waals surface area contributed by atoms with E-state index in [1.54, 1.807) is 18.3 Å². The van der Waals surface area contributed by atoms with Crippen molar-refractivity contribution in [3.63, 3.8) is 0 Å². The number of nitrogens with one attached hydrogen (secondary N) is 1. The van der Waals surface area contributed by atoms with Gasteiger partial charge in [0, 0.05) is 11.5 Å². The first kappa shape index (κ1) is 12.2. The van der Waals surface area contributed by atoms with E-state index < -0.39 is 0 Å². The highest BCUT2D eigenvalue weighted by molar-refractivity contribution is 7.10. The lowest BCUT2D eigenvalue weighted by Gasteiger charge is -2.16. The quantitative estimate of drug-likeness (QED) is 0.838. The van der Waals surface area contributed by atoms with E-state index in [-0.39, 0.29) is 18.1 Å². The van der Waals surface area contributed by atoms with Crippen molar-refractivity contribution in [1.29, 1.82) is 0 Å². The monoisotopic (exact) mass is 227 g/mol. The van der Waals surface area contributed by atoms with E-state index in [4.69, 9.17) is 4.74 Å². The second-order valence-corrected chi connectivity index (χ2v) is 4.32. The molecule has 1 aromatic heterocycles. The summed E-state index contributed by atoms with van der Waals surface area (Å²) in [5.41, 5.74) is 0. The maximum atomic E-state index is 11.6. The van der Waals surface area contributed by atoms with Gasteiger partial charge in [-0.1, -0.05) is 6.07 Å². The minimum atomic E-state index is -0.377. The Kier molecular flexibility index (Phi) is 4.78. The molecule has 1 amide bonds. The van der Waals surface area contributed by atoms with Crippen molar-refractivity contribution >= 4 is 17.2 Å². The highest BCUT2D eigenvalue weighted by Crippen LogP contribution is 2.18. The first-order chi connectivity index (χ1) is 7.15. The third-order valence-corrected chi connectivity index (χ3v) is 3.17. The standard InChI is InChI=1S/C11H17NO2S/c1-4-14-9(3)11(13)12-8(2)10-6-5-7-15-10/h5-9H,4H2,1-3H3,(H,12,13)/t8-,9+/m0/s1. The van der Waals surface area contributed by atoms with Gasteiger partial charge < -0.3 is 10.1 Å². The van der Waals surface area contributed by atoms with E-state index >= 15 is 0 Å². The maximum absolute atomic E-state index is 11.6. The first-order valence-electron chi connectivity index (χ1n) is 5.10. The van der Waals surface area contributed by atoms with Crippen LogP contribution in [0.25, 0.3) is 0 Å². The Bertz CT molecular complexity index is 298. The molecule has 0 spiro atoms. The van der Waals surface area contributed by atoms with Gasteiger partial charge in [0.05, 0.1) is 6.04 Å². The second kappa shape index (κ2) is 5.88. The molecule has 1 heterocycles. The lowest BCUT2D eigenvalue weighted by atomic mass is 10.2. The van der Waals surface area contributed by atoms with Gasteiger partial charge in [0.15, 0.2) is 0 Å². The number of ether oxygens (including phenoxy) is 1. The lowest BCUT2D eigenvalue weighted by molar-refractivity contribution is -0.132. The maximum Gasteiger partial charge on any atom is 0.249 e. The smallest absolute Gasteiger partial charge is 0.249 e.